The fraction of sp³-hybridized carbons (Fsp3) is 0.214. The lowest BCUT2D eigenvalue weighted by molar-refractivity contribution is -0.115. The van der Waals surface area contributed by atoms with Gasteiger partial charge in [-0.15, -0.1) is 0 Å². The van der Waals surface area contributed by atoms with Crippen molar-refractivity contribution in [3.05, 3.63) is 72.3 Å². The summed E-state index contributed by atoms with van der Waals surface area (Å²) in [5, 5.41) is 9.08. The molecule has 0 aliphatic rings. The minimum Gasteiger partial charge on any atom is -0.497 e. The molecule has 0 saturated carbocycles. The molecule has 2 N–H and O–H groups in total. The van der Waals surface area contributed by atoms with Crippen LogP contribution in [0.3, 0.4) is 0 Å². The highest BCUT2D eigenvalue weighted by molar-refractivity contribution is 5.99. The maximum Gasteiger partial charge on any atom is 0.243 e. The van der Waals surface area contributed by atoms with E-state index in [2.05, 4.69) is 20.5 Å². The highest BCUT2D eigenvalue weighted by atomic mass is 19.1. The van der Waals surface area contributed by atoms with Crippen molar-refractivity contribution in [2.24, 2.45) is 0 Å². The Morgan fingerprint density at radius 2 is 1.83 bits per heavy atom. The summed E-state index contributed by atoms with van der Waals surface area (Å²) in [7, 11) is 6.04. The molecule has 0 saturated heterocycles. The predicted molar refractivity (Wildman–Crippen MR) is 148 cm³/mol. The van der Waals surface area contributed by atoms with Crippen LogP contribution in [0, 0.1) is 11.6 Å². The van der Waals surface area contributed by atoms with E-state index >= 15 is 4.39 Å². The van der Waals surface area contributed by atoms with Crippen molar-refractivity contribution in [1.82, 2.24) is 15.2 Å². The van der Waals surface area contributed by atoms with Crippen LogP contribution in [0.1, 0.15) is 5.82 Å². The van der Waals surface area contributed by atoms with Gasteiger partial charge in [0.05, 0.1) is 32.1 Å². The lowest BCUT2D eigenvalue weighted by Gasteiger charge is -2.28. The van der Waals surface area contributed by atoms with Crippen molar-refractivity contribution >= 4 is 29.4 Å². The summed E-state index contributed by atoms with van der Waals surface area (Å²) in [4.78, 5) is 31.7. The maximum absolute atomic E-state index is 15.4. The van der Waals surface area contributed by atoms with Gasteiger partial charge in [0.15, 0.2) is 23.1 Å². The Kier molecular flexibility index (Phi) is 8.97. The normalized spacial score (nSPS) is 10.6. The number of ether oxygens (including phenoxy) is 3. The summed E-state index contributed by atoms with van der Waals surface area (Å²) >= 11 is 0. The third-order valence-corrected chi connectivity index (χ3v) is 6.09. The molecule has 0 aliphatic heterocycles. The zero-order chi connectivity index (χ0) is 29.5. The molecule has 1 heterocycles. The van der Waals surface area contributed by atoms with Crippen LogP contribution in [0.2, 0.25) is 0 Å². The van der Waals surface area contributed by atoms with E-state index in [1.54, 1.807) is 30.1 Å². The Labute approximate surface area is 234 Å². The first-order valence-corrected chi connectivity index (χ1v) is 12.3. The van der Waals surface area contributed by atoms with Crippen LogP contribution >= 0.6 is 0 Å². The molecule has 0 aliphatic carbocycles. The molecule has 0 bridgehead atoms. The predicted octanol–water partition coefficient (Wildman–Crippen LogP) is 4.01. The average Bonchev–Trinajstić information content (AvgIpc) is 3.49. The minimum absolute atomic E-state index is 0.0696. The molecule has 13 heteroatoms. The molecule has 0 fully saturated rings. The van der Waals surface area contributed by atoms with Crippen molar-refractivity contribution < 1.29 is 32.6 Å². The van der Waals surface area contributed by atoms with E-state index in [1.165, 1.54) is 62.8 Å². The highest BCUT2D eigenvalue weighted by Gasteiger charge is 2.23. The number of anilines is 3. The van der Waals surface area contributed by atoms with Gasteiger partial charge in [-0.2, -0.15) is 5.10 Å². The van der Waals surface area contributed by atoms with Crippen LogP contribution in [-0.4, -0.2) is 62.4 Å². The molecule has 4 aromatic rings. The van der Waals surface area contributed by atoms with E-state index in [9.17, 15) is 14.0 Å². The van der Waals surface area contributed by atoms with Gasteiger partial charge in [0.25, 0.3) is 0 Å². The minimum atomic E-state index is -0.713. The number of carbonyl (C=O) groups excluding carboxylic acids is 2. The molecule has 41 heavy (non-hydrogen) atoms. The topological polar surface area (TPSA) is 122 Å². The van der Waals surface area contributed by atoms with Crippen molar-refractivity contribution in [2.75, 3.05) is 50.0 Å². The number of hydrogen-bond acceptors (Lipinski definition) is 8. The Balaban J connectivity index is 1.72. The summed E-state index contributed by atoms with van der Waals surface area (Å²) in [6, 6.07) is 11.5. The van der Waals surface area contributed by atoms with Crippen LogP contribution in [0.5, 0.6) is 17.2 Å². The van der Waals surface area contributed by atoms with Crippen molar-refractivity contribution in [3.63, 3.8) is 0 Å². The second kappa shape index (κ2) is 12.8. The van der Waals surface area contributed by atoms with E-state index in [0.717, 1.165) is 0 Å². The third kappa shape index (κ3) is 6.69. The maximum atomic E-state index is 15.4. The van der Waals surface area contributed by atoms with Gasteiger partial charge in [-0.1, -0.05) is 0 Å². The zero-order valence-corrected chi connectivity index (χ0v) is 22.8. The molecular weight excluding hydrogens is 538 g/mol. The second-order valence-electron chi connectivity index (χ2n) is 8.88. The van der Waals surface area contributed by atoms with Crippen LogP contribution in [-0.2, 0) is 16.2 Å². The lowest BCUT2D eigenvalue weighted by Crippen LogP contribution is -2.31. The molecule has 2 amide bonds. The number of carbonyl (C=O) groups is 2. The van der Waals surface area contributed by atoms with E-state index in [0.29, 0.717) is 46.2 Å². The smallest absolute Gasteiger partial charge is 0.243 e. The number of nitrogens with zero attached hydrogens (tertiary/aromatic N) is 4. The van der Waals surface area contributed by atoms with Gasteiger partial charge in [-0.3, -0.25) is 14.7 Å². The molecular formula is C28H28F2N6O5. The zero-order valence-electron chi connectivity index (χ0n) is 22.8. The molecule has 214 valence electrons. The first-order valence-electron chi connectivity index (χ1n) is 12.3. The molecule has 0 spiro atoms. The molecule has 4 rings (SSSR count). The second-order valence-corrected chi connectivity index (χ2v) is 8.88. The van der Waals surface area contributed by atoms with Crippen LogP contribution in [0.15, 0.2) is 54.9 Å². The van der Waals surface area contributed by atoms with E-state index in [-0.39, 0.29) is 30.6 Å². The number of hydrogen-bond donors (Lipinski definition) is 2. The molecule has 0 atom stereocenters. The molecule has 1 aromatic heterocycles. The fourth-order valence-corrected chi connectivity index (χ4v) is 4.14. The summed E-state index contributed by atoms with van der Waals surface area (Å²) in [6.07, 6.45) is 1.91. The Hall–Kier alpha value is -5.20. The monoisotopic (exact) mass is 566 g/mol. The fourth-order valence-electron chi connectivity index (χ4n) is 4.14. The number of benzene rings is 3. The van der Waals surface area contributed by atoms with E-state index in [4.69, 9.17) is 14.2 Å². The van der Waals surface area contributed by atoms with Crippen molar-refractivity contribution in [1.29, 1.82) is 0 Å². The Bertz CT molecular complexity index is 1520. The first-order chi connectivity index (χ1) is 19.7. The van der Waals surface area contributed by atoms with Gasteiger partial charge in [-0.05, 0) is 48.0 Å². The van der Waals surface area contributed by atoms with Crippen molar-refractivity contribution in [2.45, 2.75) is 6.61 Å². The molecule has 11 nitrogen and oxygen atoms in total. The molecule has 0 unspecified atom stereocenters. The number of halogens is 2. The Morgan fingerprint density at radius 3 is 2.46 bits per heavy atom. The Morgan fingerprint density at radius 1 is 1.07 bits per heavy atom. The van der Waals surface area contributed by atoms with Crippen molar-refractivity contribution in [3.8, 4) is 28.4 Å². The summed E-state index contributed by atoms with van der Waals surface area (Å²) < 4.78 is 45.2. The summed E-state index contributed by atoms with van der Waals surface area (Å²) in [5.74, 6) is -0.748. The number of H-pyrrole nitrogens is 1. The number of aromatic nitrogens is 3. The largest absolute Gasteiger partial charge is 0.497 e. The van der Waals surface area contributed by atoms with Crippen LogP contribution < -0.4 is 29.3 Å². The van der Waals surface area contributed by atoms with Crippen LogP contribution in [0.25, 0.3) is 11.1 Å². The van der Waals surface area contributed by atoms with Gasteiger partial charge in [0.2, 0.25) is 12.3 Å². The number of methoxy groups -OCH3 is 2. The molecule has 3 aromatic carbocycles. The van der Waals surface area contributed by atoms with Gasteiger partial charge < -0.3 is 29.3 Å². The van der Waals surface area contributed by atoms with Crippen LogP contribution in [0.4, 0.5) is 25.8 Å². The van der Waals surface area contributed by atoms with Gasteiger partial charge in [0.1, 0.15) is 24.5 Å². The van der Waals surface area contributed by atoms with E-state index < -0.39 is 11.6 Å². The first kappa shape index (κ1) is 28.8. The number of aromatic amines is 1. The van der Waals surface area contributed by atoms with Gasteiger partial charge >= 0.3 is 0 Å². The van der Waals surface area contributed by atoms with Gasteiger partial charge in [-0.25, -0.2) is 13.8 Å². The standard InChI is InChI=1S/C28H28F2N6O5/c1-35(13-26(38)33-19-7-5-18(29)6-8-19)23-12-20(39-3)11-21(27(23)36(2)16-37)17-9-22(30)28(24(10-17)40-4)41-14-25-31-15-32-34-25/h5-12,15-16H,13-14H2,1-4H3,(H,33,38)(H,31,32,34). The highest BCUT2D eigenvalue weighted by Crippen LogP contribution is 2.44. The SMILES string of the molecule is COc1cc(-c2cc(F)c(OCc3ncn[nH]3)c(OC)c2)c(N(C)C=O)c(N(C)CC(=O)Nc2ccc(F)cc2)c1. The third-order valence-electron chi connectivity index (χ3n) is 6.09. The molecule has 0 radical (unpaired) electrons. The van der Waals surface area contributed by atoms with Gasteiger partial charge in [0, 0.05) is 31.4 Å². The summed E-state index contributed by atoms with van der Waals surface area (Å²) in [6.45, 7) is -0.199. The average molecular weight is 567 g/mol. The quantitative estimate of drug-likeness (QED) is 0.247. The lowest BCUT2D eigenvalue weighted by atomic mass is 9.99. The van der Waals surface area contributed by atoms with E-state index in [1.807, 2.05) is 0 Å². The summed E-state index contributed by atoms with van der Waals surface area (Å²) in [5.41, 5.74) is 2.05. The number of rotatable bonds is 12. The number of amides is 2. The number of nitrogens with one attached hydrogen (secondary N) is 2. The number of likely N-dealkylation sites (N-methyl/N-ethyl adjacent to an activating group) is 1.